The van der Waals surface area contributed by atoms with E-state index in [9.17, 15) is 48.6 Å². The number of phenols is 1. The van der Waals surface area contributed by atoms with Crippen LogP contribution in [-0.2, 0) is 78.4 Å². The Balaban J connectivity index is 1.07. The number of likely N-dealkylation sites (N-methyl/N-ethyl adjacent to an activating group) is 1. The number of benzene rings is 4. The highest BCUT2D eigenvalue weighted by atomic mass is 16.3. The molecule has 0 unspecified atom stereocenters. The van der Waals surface area contributed by atoms with Crippen molar-refractivity contribution in [1.29, 1.82) is 0 Å². The van der Waals surface area contributed by atoms with Gasteiger partial charge in [-0.05, 0) is 90.1 Å². The number of amides is 11. The summed E-state index contributed by atoms with van der Waals surface area (Å²) in [6, 6.07) is 13.6. The van der Waals surface area contributed by atoms with Gasteiger partial charge in [0.1, 0.15) is 60.1 Å². The van der Waals surface area contributed by atoms with Crippen molar-refractivity contribution in [2.24, 2.45) is 28.1 Å². The highest BCUT2D eigenvalue weighted by Gasteiger charge is 2.41. The molecule has 4 heterocycles. The molecule has 18 N–H and O–H groups in total. The van der Waals surface area contributed by atoms with Crippen LogP contribution in [-0.4, -0.2) is 194 Å². The number of rotatable bonds is 33. The van der Waals surface area contributed by atoms with Gasteiger partial charge in [-0.3, -0.25) is 57.7 Å². The zero-order valence-electron chi connectivity index (χ0n) is 54.2. The molecular formula is C67H85N17O13. The average Bonchev–Trinajstić information content (AvgIpc) is 1.81. The molecule has 2 aliphatic rings. The fourth-order valence-electron chi connectivity index (χ4n) is 11.9. The Bertz CT molecular complexity index is 3840. The fraction of sp³-hybridized carbons (Fsp3) is 0.418. The number of hydrogen-bond donors (Lipinski definition) is 15. The molecule has 0 bridgehead atoms. The summed E-state index contributed by atoms with van der Waals surface area (Å²) in [6.45, 7) is 2.37. The molecule has 30 heteroatoms. The molecule has 516 valence electrons. The van der Waals surface area contributed by atoms with Crippen molar-refractivity contribution in [2.75, 3.05) is 33.3 Å². The van der Waals surface area contributed by atoms with E-state index in [0.717, 1.165) is 15.7 Å². The molecule has 97 heavy (non-hydrogen) atoms. The summed E-state index contributed by atoms with van der Waals surface area (Å²) in [7, 11) is 1.23. The topological polar surface area (TPSA) is 466 Å². The molecular weight excluding hydrogens is 1250 g/mol. The van der Waals surface area contributed by atoms with Gasteiger partial charge in [-0.2, -0.15) is 0 Å². The number of aliphatic hydroxyl groups excluding tert-OH is 1. The summed E-state index contributed by atoms with van der Waals surface area (Å²) in [6.07, 6.45) is 4.93. The molecule has 2 fully saturated rings. The van der Waals surface area contributed by atoms with Crippen LogP contribution in [0.3, 0.4) is 0 Å². The third-order valence-electron chi connectivity index (χ3n) is 17.0. The number of fused-ring (bicyclic) bond motifs is 2. The Morgan fingerprint density at radius 1 is 0.701 bits per heavy atom. The number of carbonyl (C=O) groups is 11. The van der Waals surface area contributed by atoms with Gasteiger partial charge in [-0.25, -0.2) is 4.98 Å². The lowest BCUT2D eigenvalue weighted by Crippen LogP contribution is -2.62. The van der Waals surface area contributed by atoms with Gasteiger partial charge in [0, 0.05) is 81.2 Å². The number of nitrogens with one attached hydrogen (secondary N) is 10. The highest BCUT2D eigenvalue weighted by Crippen LogP contribution is 2.24. The Kier molecular flexibility index (Phi) is 25.2. The van der Waals surface area contributed by atoms with E-state index in [0.29, 0.717) is 39.7 Å². The largest absolute Gasteiger partial charge is 0.508 e. The Morgan fingerprint density at radius 3 is 1.99 bits per heavy atom. The molecule has 6 aromatic rings. The minimum absolute atomic E-state index is 0.00739. The van der Waals surface area contributed by atoms with Crippen molar-refractivity contribution in [2.45, 2.75) is 139 Å². The van der Waals surface area contributed by atoms with Crippen molar-refractivity contribution in [3.63, 3.8) is 0 Å². The predicted molar refractivity (Wildman–Crippen MR) is 356 cm³/mol. The number of nitrogens with two attached hydrogens (primary N) is 3. The van der Waals surface area contributed by atoms with E-state index in [-0.39, 0.29) is 101 Å². The van der Waals surface area contributed by atoms with Gasteiger partial charge < -0.3 is 89.7 Å². The molecule has 0 spiro atoms. The number of guanidine groups is 1. The Labute approximate surface area is 558 Å². The fourth-order valence-corrected chi connectivity index (χ4v) is 11.9. The van der Waals surface area contributed by atoms with E-state index in [1.54, 1.807) is 30.5 Å². The van der Waals surface area contributed by atoms with Crippen LogP contribution in [0, 0.1) is 5.92 Å². The number of imidazole rings is 1. The van der Waals surface area contributed by atoms with Gasteiger partial charge in [0.2, 0.25) is 65.0 Å². The molecule has 4 aromatic carbocycles. The number of aromatic amines is 2. The van der Waals surface area contributed by atoms with Crippen LogP contribution < -0.4 is 59.7 Å². The minimum Gasteiger partial charge on any atom is -0.508 e. The van der Waals surface area contributed by atoms with E-state index in [4.69, 9.17) is 17.2 Å². The van der Waals surface area contributed by atoms with Crippen LogP contribution in [0.5, 0.6) is 5.75 Å². The van der Waals surface area contributed by atoms with Gasteiger partial charge in [-0.15, -0.1) is 0 Å². The predicted octanol–water partition coefficient (Wildman–Crippen LogP) is -1.28. The lowest BCUT2D eigenvalue weighted by molar-refractivity contribution is -0.144. The number of H-pyrrole nitrogens is 2. The maximum atomic E-state index is 15.2. The Morgan fingerprint density at radius 2 is 1.33 bits per heavy atom. The first-order chi connectivity index (χ1) is 46.4. The minimum atomic E-state index is -1.75. The van der Waals surface area contributed by atoms with E-state index in [2.05, 4.69) is 62.5 Å². The van der Waals surface area contributed by atoms with Gasteiger partial charge in [-0.1, -0.05) is 86.6 Å². The Hall–Kier alpha value is -10.9. The van der Waals surface area contributed by atoms with Crippen LogP contribution >= 0.6 is 0 Å². The van der Waals surface area contributed by atoms with Crippen molar-refractivity contribution < 1.29 is 63.0 Å². The number of primary amides is 1. The molecule has 30 nitrogen and oxygen atoms in total. The number of aliphatic hydroxyl groups is 1. The van der Waals surface area contributed by atoms with Crippen molar-refractivity contribution in [3.8, 4) is 5.75 Å². The summed E-state index contributed by atoms with van der Waals surface area (Å²) < 4.78 is 0. The van der Waals surface area contributed by atoms with Gasteiger partial charge in [0.25, 0.3) is 0 Å². The SMILES string of the molecule is CC(C)C[C@H](NC(=O)[C@@H](Cc1ccc2ccccc2c1)NC(=O)[C@H](Cc1ccc(O)cc1)NC(=O)[C@H](CO)N(C)C(=O)[C@H](Cc1c[nH]c2ccccc12)NC(=O)[C@H](Cc1cnc[nH]1)NC(=O)[C@@H]1CCC(=O)N1)C(=O)N[C@@H](CCCN=C(N)N)C(=O)N1CCC[C@H]1C(=O)NCC(N)=O. The van der Waals surface area contributed by atoms with Crippen molar-refractivity contribution in [1.82, 2.24) is 67.3 Å². The van der Waals surface area contributed by atoms with Crippen LogP contribution in [0.1, 0.15) is 81.2 Å². The lowest BCUT2D eigenvalue weighted by atomic mass is 9.98. The summed E-state index contributed by atoms with van der Waals surface area (Å²) >= 11 is 0. The molecule has 8 rings (SSSR count). The maximum Gasteiger partial charge on any atom is 0.245 e. The summed E-state index contributed by atoms with van der Waals surface area (Å²) in [5.74, 6) is -8.86. The molecule has 2 saturated heterocycles. The second-order valence-electron chi connectivity index (χ2n) is 24.7. The summed E-state index contributed by atoms with van der Waals surface area (Å²) in [5, 5.41) is 45.4. The van der Waals surface area contributed by atoms with E-state index < -0.39 is 127 Å². The van der Waals surface area contributed by atoms with E-state index in [1.807, 2.05) is 56.3 Å². The van der Waals surface area contributed by atoms with Crippen LogP contribution in [0.25, 0.3) is 21.7 Å². The number of hydrogen-bond acceptors (Lipinski definition) is 15. The van der Waals surface area contributed by atoms with E-state index in [1.165, 1.54) is 48.7 Å². The maximum absolute atomic E-state index is 15.2. The summed E-state index contributed by atoms with van der Waals surface area (Å²) in [5.41, 5.74) is 19.2. The first-order valence-electron chi connectivity index (χ1n) is 32.1. The van der Waals surface area contributed by atoms with Crippen LogP contribution in [0.4, 0.5) is 0 Å². The molecule has 11 amide bonds. The third kappa shape index (κ3) is 20.1. The highest BCUT2D eigenvalue weighted by molar-refractivity contribution is 6.00. The standard InChI is InChI=1S/C67H85N17O13/c1-37(2)26-49(59(90)77-48(14-8-24-72-67(69)70)66(97)84-25-9-15-54(84)63(94)74-34-56(68)87)78-61(92)51(29-39-16-19-40-10-4-5-11-41(40)27-39)79-60(91)50(28-38-17-20-44(86)21-18-38)81-64(95)55(35-85)83(3)65(96)53(30-42-32-73-46-13-7-6-12-45(42)46)82-62(93)52(31-43-33-71-36-75-43)80-58(89)47-22-23-57(88)76-47/h4-7,10-13,16-21,27,32-33,36-37,47-55,73,85-86H,8-9,14-15,22-26,28-31,34-35H2,1-3H3,(H2,68,87)(H,71,75)(H,74,94)(H,76,88)(H,77,90)(H,78,92)(H,79,91)(H,80,89)(H,81,95)(H,82,93)(H4,69,70,72)/t47-,48-,49-,50-,51+,52-,53-,54-,55-/m0/s1. The van der Waals surface area contributed by atoms with Gasteiger partial charge in [0.05, 0.1) is 19.5 Å². The van der Waals surface area contributed by atoms with Gasteiger partial charge in [0.15, 0.2) is 5.96 Å². The molecule has 0 radical (unpaired) electrons. The molecule has 2 aromatic heterocycles. The quantitative estimate of drug-likeness (QED) is 0.0130. The van der Waals surface area contributed by atoms with Crippen molar-refractivity contribution in [3.05, 3.63) is 132 Å². The molecule has 0 saturated carbocycles. The third-order valence-corrected chi connectivity index (χ3v) is 17.0. The van der Waals surface area contributed by atoms with E-state index >= 15 is 14.4 Å². The number of para-hydroxylation sites is 1. The first-order valence-corrected chi connectivity index (χ1v) is 32.1. The monoisotopic (exact) mass is 1340 g/mol. The number of phenolic OH excluding ortho intramolecular Hbond substituents is 1. The molecule has 9 atom stereocenters. The number of likely N-dealkylation sites (tertiary alicyclic amines) is 1. The first kappa shape index (κ1) is 71.9. The summed E-state index contributed by atoms with van der Waals surface area (Å²) in [4.78, 5) is 171. The molecule has 2 aliphatic heterocycles. The number of nitrogens with zero attached hydrogens (tertiary/aromatic N) is 4. The van der Waals surface area contributed by atoms with Crippen LogP contribution in [0.2, 0.25) is 0 Å². The molecule has 0 aliphatic carbocycles. The number of aromatic hydroxyl groups is 1. The number of carbonyl (C=O) groups excluding carboxylic acids is 11. The smallest absolute Gasteiger partial charge is 0.245 e. The number of aliphatic imine (C=N–C) groups is 1. The second kappa shape index (κ2) is 34.0. The number of aromatic nitrogens is 3. The zero-order valence-corrected chi connectivity index (χ0v) is 54.2. The van der Waals surface area contributed by atoms with Crippen LogP contribution in [0.15, 0.2) is 115 Å². The average molecular weight is 1340 g/mol. The van der Waals surface area contributed by atoms with Gasteiger partial charge >= 0.3 is 0 Å². The van der Waals surface area contributed by atoms with Crippen molar-refractivity contribution >= 4 is 92.6 Å². The normalized spacial score (nSPS) is 16.5. The zero-order chi connectivity index (χ0) is 69.9. The lowest BCUT2D eigenvalue weighted by Gasteiger charge is -2.32. The second-order valence-corrected chi connectivity index (χ2v) is 24.7.